The van der Waals surface area contributed by atoms with Gasteiger partial charge in [-0.05, 0) is 0 Å². The lowest BCUT2D eigenvalue weighted by Gasteiger charge is -2.33. The molecule has 0 radical (unpaired) electrons. The van der Waals surface area contributed by atoms with E-state index in [1.807, 2.05) is 5.32 Å². The lowest BCUT2D eigenvalue weighted by molar-refractivity contribution is -0.498. The summed E-state index contributed by atoms with van der Waals surface area (Å²) in [5.41, 5.74) is 0. The zero-order valence-electron chi connectivity index (χ0n) is 36.1. The van der Waals surface area contributed by atoms with Crippen LogP contribution in [-0.2, 0) is 73.6 Å². The maximum Gasteiger partial charge on any atom is 0.487 e. The molecule has 8 aliphatic heterocycles. The minimum Gasteiger partial charge on any atom is -0.756 e. The minimum atomic E-state index is -6.31. The first-order valence-electron chi connectivity index (χ1n) is 20.5. The lowest BCUT2D eigenvalue weighted by atomic mass is 10.1. The molecule has 8 aliphatic rings. The number of carbonyl (C=O) groups is 4. The highest BCUT2D eigenvalue weighted by Gasteiger charge is 2.57. The van der Waals surface area contributed by atoms with Crippen molar-refractivity contribution in [3.8, 4) is 0 Å². The van der Waals surface area contributed by atoms with E-state index in [0.717, 1.165) is 16.1 Å². The van der Waals surface area contributed by atoms with E-state index in [0.29, 0.717) is 4.90 Å². The molecule has 42 heteroatoms. The van der Waals surface area contributed by atoms with Crippen LogP contribution in [0.1, 0.15) is 6.42 Å². The molecule has 13 N–H and O–H groups in total. The topological polar surface area (TPSA) is 538 Å². The van der Waals surface area contributed by atoms with Crippen LogP contribution in [0.5, 0.6) is 0 Å². The number of likely N-dealkylation sites (N-methyl/N-ethyl adjacent to an activating group) is 1. The number of phosphoric acid groups is 4. The van der Waals surface area contributed by atoms with Crippen LogP contribution in [0.2, 0.25) is 0 Å². The Hall–Kier alpha value is -4.30. The first-order valence-corrected chi connectivity index (χ1v) is 26.4. The van der Waals surface area contributed by atoms with Gasteiger partial charge in [-0.1, -0.05) is 0 Å². The van der Waals surface area contributed by atoms with Gasteiger partial charge in [0.2, 0.25) is 30.4 Å². The first kappa shape index (κ1) is 54.0. The molecule has 398 valence electrons. The first-order chi connectivity index (χ1) is 33.5. The summed E-state index contributed by atoms with van der Waals surface area (Å²) in [6, 6.07) is -3.48. The van der Waals surface area contributed by atoms with Gasteiger partial charge in [-0.2, -0.15) is 19.2 Å². The molecule has 0 aromatic heterocycles. The van der Waals surface area contributed by atoms with E-state index in [1.165, 1.54) is 18.0 Å². The standard InChI is InChI=1S/C30H42N12O26P4/c1-39-8-42(22-14(39)24(50)38-29(32)36-22)26-18(47)16(45)10(64-26)5-61-70(54,55)67-72(58,59)68-71(56,57)62-6-11-20(19(48)27(65-11)40-3-2-12(43)34-30(40)51)66-69(52,53)60-4-9-15(44)17(46)25(63-9)41-7-33-13-21(41)35-28(31)37-23(13)49/h7-11,13-20,25-27,44-48H,2-6H2,1H3,(H8-,31,32,34,37,38,43,49,50,51,52,53,54,55,56,57,58,59)/t9-,10-,11-,13?,14?,15-,16-,17-,18-,19-,20-,25-,26-,27-/m1/s1. The van der Waals surface area contributed by atoms with Gasteiger partial charge in [0.05, 0.1) is 33.2 Å². The van der Waals surface area contributed by atoms with Crippen LogP contribution < -0.4 is 20.8 Å². The second kappa shape index (κ2) is 20.1. The van der Waals surface area contributed by atoms with Gasteiger partial charge in [0.1, 0.15) is 54.9 Å². The highest BCUT2D eigenvalue weighted by Crippen LogP contribution is 2.67. The van der Waals surface area contributed by atoms with E-state index >= 15 is 0 Å². The molecule has 6 unspecified atom stereocenters. The molecular weight excluding hydrogens is 1070 g/mol. The van der Waals surface area contributed by atoms with Gasteiger partial charge in [0, 0.05) is 13.0 Å². The fraction of sp³-hybridized carbons (Fsp3) is 0.667. The van der Waals surface area contributed by atoms with Crippen molar-refractivity contribution in [3.05, 3.63) is 0 Å². The van der Waals surface area contributed by atoms with Crippen molar-refractivity contribution in [2.75, 3.05) is 33.4 Å². The number of rotatable bonds is 18. The van der Waals surface area contributed by atoms with Crippen molar-refractivity contribution in [3.63, 3.8) is 0 Å². The third-order valence-electron chi connectivity index (χ3n) is 11.3. The summed E-state index contributed by atoms with van der Waals surface area (Å²) >= 11 is 0. The molecule has 0 saturated carbocycles. The van der Waals surface area contributed by atoms with E-state index < -0.39 is 179 Å². The van der Waals surface area contributed by atoms with Crippen molar-refractivity contribution < 1.29 is 128 Å². The molecule has 0 spiro atoms. The largest absolute Gasteiger partial charge is 0.756 e. The molecule has 18 atom stereocenters. The molecule has 72 heavy (non-hydrogen) atoms. The summed E-state index contributed by atoms with van der Waals surface area (Å²) in [7, 11) is -22.6. The van der Waals surface area contributed by atoms with E-state index in [1.54, 1.807) is 0 Å². The number of hydrogen-bond acceptors (Lipinski definition) is 28. The molecule has 4 saturated heterocycles. The van der Waals surface area contributed by atoms with Crippen LogP contribution in [0.25, 0.3) is 0 Å². The number of nitrogens with one attached hydrogen (secondary N) is 5. The second-order valence-electron chi connectivity index (χ2n) is 16.2. The van der Waals surface area contributed by atoms with Crippen LogP contribution in [-0.4, -0.2) is 239 Å². The number of amidine groups is 2. The van der Waals surface area contributed by atoms with E-state index in [-0.39, 0.29) is 18.1 Å². The molecular formula is C30H42N12O26P4. The zero-order valence-corrected chi connectivity index (χ0v) is 39.7. The van der Waals surface area contributed by atoms with Crippen LogP contribution in [0.4, 0.5) is 4.79 Å². The predicted molar refractivity (Wildman–Crippen MR) is 221 cm³/mol. The quantitative estimate of drug-likeness (QED) is 0.0448. The fourth-order valence-corrected chi connectivity index (χ4v) is 12.5. The van der Waals surface area contributed by atoms with Gasteiger partial charge in [-0.25, -0.2) is 27.4 Å². The molecule has 0 aromatic rings. The van der Waals surface area contributed by atoms with E-state index in [2.05, 4.69) is 43.3 Å². The molecule has 8 heterocycles. The van der Waals surface area contributed by atoms with Crippen LogP contribution >= 0.6 is 31.3 Å². The normalized spacial score (nSPS) is 38.0. The smallest absolute Gasteiger partial charge is 0.487 e. The minimum absolute atomic E-state index is 0.111. The molecule has 4 fully saturated rings. The summed E-state index contributed by atoms with van der Waals surface area (Å²) in [5, 5.41) is 75.6. The van der Waals surface area contributed by atoms with Crippen molar-refractivity contribution in [2.45, 2.75) is 92.1 Å². The van der Waals surface area contributed by atoms with Gasteiger partial charge < -0.3 is 63.8 Å². The van der Waals surface area contributed by atoms with Gasteiger partial charge in [0.15, 0.2) is 24.3 Å². The molecule has 0 bridgehead atoms. The SMILES string of the molecule is C[N+]1=CN([C@@H]2O[C@H](COP(=O)([O-])OP(=O)(O)OP(=O)(O)OC[C@H]3O[C@@H](N4CCC(=O)NC4=O)[C@H](O)[C@@H]3OP(=O)(O)OC[C@H]3O[C@@H](N4C=NC5C(=O)NC(=N)N=C54)[C@H](O)[C@@H]3O)[C@@H](O)[C@H]2O)C2=NC(=N)NC(=O)C21. The number of aliphatic imine (C=N–C) groups is 3. The number of fused-ring (bicyclic) bond motifs is 2. The number of guanidine groups is 2. The van der Waals surface area contributed by atoms with Gasteiger partial charge >= 0.3 is 29.5 Å². The third-order valence-corrected chi connectivity index (χ3v) is 16.5. The maximum atomic E-state index is 13.3. The highest BCUT2D eigenvalue weighted by atomic mass is 31.3. The van der Waals surface area contributed by atoms with E-state index in [4.69, 9.17) is 34.1 Å². The third kappa shape index (κ3) is 11.2. The number of urea groups is 1. The maximum absolute atomic E-state index is 13.3. The Morgan fingerprint density at radius 1 is 0.722 bits per heavy atom. The summed E-state index contributed by atoms with van der Waals surface area (Å²) in [4.78, 5) is 108. The fourth-order valence-electron chi connectivity index (χ4n) is 8.08. The van der Waals surface area contributed by atoms with E-state index in [9.17, 15) is 82.5 Å². The molecule has 38 nitrogen and oxygen atoms in total. The average Bonchev–Trinajstić information content (AvgIpc) is 4.05. The Balaban J connectivity index is 0.877. The van der Waals surface area contributed by atoms with Crippen LogP contribution in [0, 0.1) is 10.8 Å². The Labute approximate surface area is 400 Å². The molecule has 8 rings (SSSR count). The van der Waals surface area contributed by atoms with Crippen molar-refractivity contribution in [1.82, 2.24) is 30.7 Å². The van der Waals surface area contributed by atoms with Crippen LogP contribution in [0.3, 0.4) is 0 Å². The van der Waals surface area contributed by atoms with Crippen molar-refractivity contribution in [1.29, 1.82) is 10.8 Å². The van der Waals surface area contributed by atoms with Crippen LogP contribution in [0.15, 0.2) is 15.0 Å². The van der Waals surface area contributed by atoms with Crippen molar-refractivity contribution >= 4 is 91.3 Å². The summed E-state index contributed by atoms with van der Waals surface area (Å²) in [5.74, 6) is -3.57. The number of amides is 5. The Morgan fingerprint density at radius 3 is 1.92 bits per heavy atom. The molecule has 0 aliphatic carbocycles. The number of phosphoric ester groups is 3. The van der Waals surface area contributed by atoms with Gasteiger partial charge in [-0.3, -0.25) is 74.1 Å². The zero-order chi connectivity index (χ0) is 52.6. The second-order valence-corrected chi connectivity index (χ2v) is 22.2. The monoisotopic (exact) mass is 1110 g/mol. The number of aliphatic hydroxyl groups excluding tert-OH is 5. The number of hydrogen-bond donors (Lipinski definition) is 13. The number of ether oxygens (including phenoxy) is 3. The lowest BCUT2D eigenvalue weighted by Crippen LogP contribution is -2.56. The number of imide groups is 1. The molecule has 5 amide bonds. The Bertz CT molecular complexity index is 2630. The predicted octanol–water partition coefficient (Wildman–Crippen LogP) is -7.86. The van der Waals surface area contributed by atoms with Gasteiger partial charge in [-0.15, -0.1) is 0 Å². The number of aliphatic hydroxyl groups is 5. The Kier molecular flexibility index (Phi) is 15.1. The molecule has 0 aromatic carbocycles. The number of nitrogens with zero attached hydrogens (tertiary/aromatic N) is 7. The Morgan fingerprint density at radius 2 is 1.28 bits per heavy atom. The highest BCUT2D eigenvalue weighted by molar-refractivity contribution is 7.66. The summed E-state index contributed by atoms with van der Waals surface area (Å²) < 4.78 is 96.9. The summed E-state index contributed by atoms with van der Waals surface area (Å²) in [6.07, 6.45) is -20.5. The number of carbonyl (C=O) groups excluding carboxylic acids is 4. The average molecular weight is 1110 g/mol. The van der Waals surface area contributed by atoms with Gasteiger partial charge in [0.25, 0.3) is 31.5 Å². The van der Waals surface area contributed by atoms with Crippen molar-refractivity contribution in [2.24, 2.45) is 15.0 Å². The summed E-state index contributed by atoms with van der Waals surface area (Å²) in [6.45, 7) is -4.19.